The molecule has 4 heteroatoms. The number of halogens is 1. The molecular weight excluding hydrogens is 272 g/mol. The number of methoxy groups -OCH3 is 1. The molecule has 0 atom stereocenters. The first-order chi connectivity index (χ1) is 7.67. The van der Waals surface area contributed by atoms with Crippen LogP contribution < -0.4 is 4.74 Å². The molecule has 0 spiro atoms. The van der Waals surface area contributed by atoms with Gasteiger partial charge >= 0.3 is 5.97 Å². The van der Waals surface area contributed by atoms with Crippen molar-refractivity contribution >= 4 is 28.0 Å². The number of rotatable bonds is 5. The number of hydrogen-bond acceptors (Lipinski definition) is 2. The first-order valence-electron chi connectivity index (χ1n) is 4.78. The van der Waals surface area contributed by atoms with E-state index in [1.54, 1.807) is 19.2 Å². The average molecular weight is 285 g/mol. The van der Waals surface area contributed by atoms with Crippen LogP contribution in [-0.4, -0.2) is 23.5 Å². The molecule has 0 amide bonds. The highest BCUT2D eigenvalue weighted by Crippen LogP contribution is 2.19. The second-order valence-corrected chi connectivity index (χ2v) is 3.84. The lowest BCUT2D eigenvalue weighted by atomic mass is 10.0. The van der Waals surface area contributed by atoms with Gasteiger partial charge in [0.25, 0.3) is 0 Å². The summed E-state index contributed by atoms with van der Waals surface area (Å²) in [6.07, 6.45) is 3.82. The number of hydrogen-bond donors (Lipinski definition) is 1. The van der Waals surface area contributed by atoms with E-state index in [-0.39, 0.29) is 6.42 Å². The number of ether oxygens (including phenoxy) is 1. The van der Waals surface area contributed by atoms with Crippen molar-refractivity contribution in [3.8, 4) is 5.75 Å². The summed E-state index contributed by atoms with van der Waals surface area (Å²) in [6, 6.07) is 5.38. The predicted molar refractivity (Wildman–Crippen MR) is 67.2 cm³/mol. The number of allylic oxidation sites excluding steroid dienone is 1. The van der Waals surface area contributed by atoms with Crippen molar-refractivity contribution in [2.45, 2.75) is 6.42 Å². The van der Waals surface area contributed by atoms with Crippen molar-refractivity contribution in [2.75, 3.05) is 12.4 Å². The van der Waals surface area contributed by atoms with E-state index in [1.807, 2.05) is 18.2 Å². The third-order valence-electron chi connectivity index (χ3n) is 2.08. The van der Waals surface area contributed by atoms with Crippen LogP contribution in [-0.2, 0) is 11.2 Å². The second kappa shape index (κ2) is 6.33. The Labute approximate surface area is 103 Å². The molecule has 0 saturated carbocycles. The molecule has 3 nitrogen and oxygen atoms in total. The quantitative estimate of drug-likeness (QED) is 0.846. The topological polar surface area (TPSA) is 46.5 Å². The largest absolute Gasteiger partial charge is 0.497 e. The van der Waals surface area contributed by atoms with Crippen molar-refractivity contribution in [3.05, 3.63) is 35.4 Å². The van der Waals surface area contributed by atoms with E-state index in [4.69, 9.17) is 9.84 Å². The number of carbonyl (C=O) groups is 1. The molecule has 0 heterocycles. The molecule has 0 aromatic heterocycles. The fourth-order valence-corrected chi connectivity index (χ4v) is 1.54. The zero-order valence-electron chi connectivity index (χ0n) is 8.94. The monoisotopic (exact) mass is 284 g/mol. The number of benzene rings is 1. The van der Waals surface area contributed by atoms with Crippen molar-refractivity contribution in [2.24, 2.45) is 0 Å². The molecular formula is C12H13BrO3. The molecule has 1 aromatic rings. The van der Waals surface area contributed by atoms with Crippen molar-refractivity contribution < 1.29 is 14.6 Å². The summed E-state index contributed by atoms with van der Waals surface area (Å²) >= 11 is 3.28. The van der Waals surface area contributed by atoms with Gasteiger partial charge < -0.3 is 9.84 Å². The normalized spacial score (nSPS) is 10.6. The Morgan fingerprint density at radius 1 is 1.56 bits per heavy atom. The SMILES string of the molecule is COc1ccc(CC(=O)O)c(C=CCBr)c1. The van der Waals surface area contributed by atoms with Gasteiger partial charge in [0.15, 0.2) is 0 Å². The van der Waals surface area contributed by atoms with Crippen LogP contribution in [0.15, 0.2) is 24.3 Å². The van der Waals surface area contributed by atoms with E-state index < -0.39 is 5.97 Å². The first kappa shape index (κ1) is 12.8. The molecule has 1 rings (SSSR count). The summed E-state index contributed by atoms with van der Waals surface area (Å²) in [6.45, 7) is 0. The van der Waals surface area contributed by atoms with Crippen molar-refractivity contribution in [3.63, 3.8) is 0 Å². The van der Waals surface area contributed by atoms with Crippen LogP contribution in [0.3, 0.4) is 0 Å². The Hall–Kier alpha value is -1.29. The molecule has 0 aliphatic heterocycles. The summed E-state index contributed by atoms with van der Waals surface area (Å²) in [5, 5.41) is 9.51. The van der Waals surface area contributed by atoms with E-state index in [1.165, 1.54) is 0 Å². The van der Waals surface area contributed by atoms with Crippen LogP contribution in [0.5, 0.6) is 5.75 Å². The van der Waals surface area contributed by atoms with Crippen LogP contribution in [0.1, 0.15) is 11.1 Å². The lowest BCUT2D eigenvalue weighted by Crippen LogP contribution is -2.02. The third-order valence-corrected chi connectivity index (χ3v) is 2.46. The highest BCUT2D eigenvalue weighted by molar-refractivity contribution is 9.09. The molecule has 0 saturated heterocycles. The van der Waals surface area contributed by atoms with Gasteiger partial charge in [-0.2, -0.15) is 0 Å². The molecule has 0 bridgehead atoms. The summed E-state index contributed by atoms with van der Waals surface area (Å²) in [5.74, 6) is -0.109. The highest BCUT2D eigenvalue weighted by Gasteiger charge is 2.06. The Balaban J connectivity index is 3.05. The van der Waals surface area contributed by atoms with Crippen LogP contribution in [0.2, 0.25) is 0 Å². The van der Waals surface area contributed by atoms with E-state index in [9.17, 15) is 4.79 Å². The molecule has 0 fully saturated rings. The van der Waals surface area contributed by atoms with E-state index in [0.29, 0.717) is 0 Å². The minimum Gasteiger partial charge on any atom is -0.497 e. The fraction of sp³-hybridized carbons (Fsp3) is 0.250. The summed E-state index contributed by atoms with van der Waals surface area (Å²) in [5.41, 5.74) is 1.66. The molecule has 1 aromatic carbocycles. The lowest BCUT2D eigenvalue weighted by Gasteiger charge is -2.06. The fourth-order valence-electron chi connectivity index (χ4n) is 1.35. The molecule has 0 aliphatic rings. The van der Waals surface area contributed by atoms with Gasteiger partial charge in [-0.3, -0.25) is 4.79 Å². The van der Waals surface area contributed by atoms with Gasteiger partial charge in [-0.15, -0.1) is 0 Å². The number of aliphatic carboxylic acids is 1. The lowest BCUT2D eigenvalue weighted by molar-refractivity contribution is -0.136. The number of alkyl halides is 1. The Bertz CT molecular complexity index is 399. The van der Waals surface area contributed by atoms with Gasteiger partial charge in [-0.25, -0.2) is 0 Å². The van der Waals surface area contributed by atoms with Gasteiger partial charge in [-0.1, -0.05) is 34.1 Å². The average Bonchev–Trinajstić information content (AvgIpc) is 2.27. The molecule has 0 aliphatic carbocycles. The Kier molecular flexibility index (Phi) is 5.05. The maximum Gasteiger partial charge on any atom is 0.307 e. The minimum atomic E-state index is -0.835. The molecule has 1 N–H and O–H groups in total. The van der Waals surface area contributed by atoms with E-state index in [0.717, 1.165) is 22.2 Å². The zero-order chi connectivity index (χ0) is 12.0. The van der Waals surface area contributed by atoms with Crippen LogP contribution >= 0.6 is 15.9 Å². The van der Waals surface area contributed by atoms with E-state index in [2.05, 4.69) is 15.9 Å². The van der Waals surface area contributed by atoms with Crippen molar-refractivity contribution in [1.29, 1.82) is 0 Å². The summed E-state index contributed by atoms with van der Waals surface area (Å²) < 4.78 is 5.10. The van der Waals surface area contributed by atoms with Crippen LogP contribution in [0, 0.1) is 0 Å². The molecule has 16 heavy (non-hydrogen) atoms. The van der Waals surface area contributed by atoms with Crippen LogP contribution in [0.4, 0.5) is 0 Å². The van der Waals surface area contributed by atoms with Crippen molar-refractivity contribution in [1.82, 2.24) is 0 Å². The molecule has 0 radical (unpaired) electrons. The summed E-state index contributed by atoms with van der Waals surface area (Å²) in [7, 11) is 1.59. The van der Waals surface area contributed by atoms with Gasteiger partial charge in [0.2, 0.25) is 0 Å². The number of carboxylic acid groups (broad SMARTS) is 1. The van der Waals surface area contributed by atoms with Gasteiger partial charge in [0, 0.05) is 5.33 Å². The zero-order valence-corrected chi connectivity index (χ0v) is 10.5. The molecule has 0 unspecified atom stereocenters. The van der Waals surface area contributed by atoms with Gasteiger partial charge in [0.05, 0.1) is 13.5 Å². The van der Waals surface area contributed by atoms with Gasteiger partial charge in [0.1, 0.15) is 5.75 Å². The van der Waals surface area contributed by atoms with Crippen LogP contribution in [0.25, 0.3) is 6.08 Å². The predicted octanol–water partition coefficient (Wildman–Crippen LogP) is 2.73. The summed E-state index contributed by atoms with van der Waals surface area (Å²) in [4.78, 5) is 10.7. The first-order valence-corrected chi connectivity index (χ1v) is 5.90. The number of carboxylic acids is 1. The second-order valence-electron chi connectivity index (χ2n) is 3.19. The highest BCUT2D eigenvalue weighted by atomic mass is 79.9. The maximum absolute atomic E-state index is 10.7. The Morgan fingerprint density at radius 2 is 2.31 bits per heavy atom. The van der Waals surface area contributed by atoms with Gasteiger partial charge in [-0.05, 0) is 23.3 Å². The minimum absolute atomic E-state index is 0.0198. The standard InChI is InChI=1S/C12H13BrO3/c1-16-11-5-4-10(8-12(14)15)9(7-11)3-2-6-13/h2-5,7H,6,8H2,1H3,(H,14,15). The maximum atomic E-state index is 10.7. The third kappa shape index (κ3) is 3.70. The smallest absolute Gasteiger partial charge is 0.307 e. The molecule has 86 valence electrons. The van der Waals surface area contributed by atoms with E-state index >= 15 is 0 Å². The Morgan fingerprint density at radius 3 is 2.88 bits per heavy atom.